The molecular weight excluding hydrogens is 328 g/mol. The molecule has 7 heteroatoms. The van der Waals surface area contributed by atoms with Crippen molar-refractivity contribution in [3.63, 3.8) is 0 Å². The molecule has 0 aliphatic carbocycles. The second-order valence-corrected chi connectivity index (χ2v) is 8.44. The highest BCUT2D eigenvalue weighted by Gasteiger charge is 2.24. The summed E-state index contributed by atoms with van der Waals surface area (Å²) >= 11 is 0. The topological polar surface area (TPSA) is 75.7 Å². The Morgan fingerprint density at radius 3 is 2.29 bits per heavy atom. The number of amides is 1. The summed E-state index contributed by atoms with van der Waals surface area (Å²) in [5.41, 5.74) is 1.21. The molecule has 1 N–H and O–H groups in total. The molecule has 24 heavy (non-hydrogen) atoms. The van der Waals surface area contributed by atoms with E-state index in [-0.39, 0.29) is 17.7 Å². The van der Waals surface area contributed by atoms with Crippen LogP contribution in [-0.2, 0) is 20.5 Å². The monoisotopic (exact) mass is 354 g/mol. The highest BCUT2D eigenvalue weighted by Crippen LogP contribution is 2.14. The molecule has 1 aromatic carbocycles. The van der Waals surface area contributed by atoms with E-state index >= 15 is 0 Å². The maximum Gasteiger partial charge on any atom is 0.251 e. The molecule has 1 atom stereocenters. The minimum Gasteiger partial charge on any atom is -0.379 e. The van der Waals surface area contributed by atoms with Crippen molar-refractivity contribution in [2.45, 2.75) is 32.6 Å². The Hall–Kier alpha value is -1.44. The lowest BCUT2D eigenvalue weighted by Crippen LogP contribution is -2.41. The van der Waals surface area contributed by atoms with Crippen LogP contribution in [0.15, 0.2) is 24.3 Å². The zero-order chi connectivity index (χ0) is 17.7. The Balaban J connectivity index is 2.00. The predicted molar refractivity (Wildman–Crippen MR) is 93.2 cm³/mol. The van der Waals surface area contributed by atoms with Gasteiger partial charge >= 0.3 is 0 Å². The molecule has 1 amide bonds. The highest BCUT2D eigenvalue weighted by molar-refractivity contribution is 7.88. The van der Waals surface area contributed by atoms with Crippen LogP contribution in [0.1, 0.15) is 36.7 Å². The van der Waals surface area contributed by atoms with Crippen molar-refractivity contribution < 1.29 is 17.9 Å². The summed E-state index contributed by atoms with van der Waals surface area (Å²) in [6.45, 7) is 7.73. The predicted octanol–water partition coefficient (Wildman–Crippen LogP) is 1.62. The molecule has 1 aliphatic rings. The van der Waals surface area contributed by atoms with Crippen molar-refractivity contribution in [1.82, 2.24) is 9.62 Å². The van der Waals surface area contributed by atoms with Crippen molar-refractivity contribution in [2.24, 2.45) is 5.92 Å². The fourth-order valence-corrected chi connectivity index (χ4v) is 3.84. The van der Waals surface area contributed by atoms with E-state index in [1.165, 1.54) is 4.31 Å². The number of benzene rings is 1. The number of morpholine rings is 1. The van der Waals surface area contributed by atoms with Crippen LogP contribution in [0.3, 0.4) is 0 Å². The van der Waals surface area contributed by atoms with Crippen LogP contribution >= 0.6 is 0 Å². The second kappa shape index (κ2) is 8.09. The van der Waals surface area contributed by atoms with Crippen molar-refractivity contribution in [2.75, 3.05) is 26.3 Å². The van der Waals surface area contributed by atoms with E-state index in [2.05, 4.69) is 5.32 Å². The van der Waals surface area contributed by atoms with Gasteiger partial charge in [0.15, 0.2) is 0 Å². The molecule has 0 bridgehead atoms. The maximum atomic E-state index is 12.4. The molecule has 1 aliphatic heterocycles. The van der Waals surface area contributed by atoms with Gasteiger partial charge in [-0.3, -0.25) is 4.79 Å². The smallest absolute Gasteiger partial charge is 0.251 e. The third-order valence-corrected chi connectivity index (χ3v) is 6.14. The van der Waals surface area contributed by atoms with E-state index in [0.29, 0.717) is 43.3 Å². The van der Waals surface area contributed by atoms with Crippen LogP contribution in [0.25, 0.3) is 0 Å². The summed E-state index contributed by atoms with van der Waals surface area (Å²) in [5, 5.41) is 2.94. The molecule has 1 saturated heterocycles. The quantitative estimate of drug-likeness (QED) is 0.842. The number of ether oxygens (including phenoxy) is 1. The Labute approximate surface area is 144 Å². The minimum atomic E-state index is -3.35. The summed E-state index contributed by atoms with van der Waals surface area (Å²) in [7, 11) is -3.35. The third-order valence-electron chi connectivity index (χ3n) is 4.29. The molecule has 134 valence electrons. The molecule has 0 saturated carbocycles. The number of nitrogens with one attached hydrogen (secondary N) is 1. The lowest BCUT2D eigenvalue weighted by Gasteiger charge is -2.26. The van der Waals surface area contributed by atoms with Gasteiger partial charge in [0, 0.05) is 24.7 Å². The second-order valence-electron chi connectivity index (χ2n) is 6.47. The Morgan fingerprint density at radius 2 is 1.75 bits per heavy atom. The summed E-state index contributed by atoms with van der Waals surface area (Å²) in [4.78, 5) is 12.2. The molecule has 1 unspecified atom stereocenters. The molecule has 2 rings (SSSR count). The first-order valence-corrected chi connectivity index (χ1v) is 9.86. The fourth-order valence-electron chi connectivity index (χ4n) is 2.34. The lowest BCUT2D eigenvalue weighted by molar-refractivity contribution is 0.0729. The van der Waals surface area contributed by atoms with Gasteiger partial charge in [-0.1, -0.05) is 26.0 Å². The summed E-state index contributed by atoms with van der Waals surface area (Å²) in [6.07, 6.45) is 0. The zero-order valence-corrected chi connectivity index (χ0v) is 15.3. The molecular formula is C17H26N2O4S. The molecule has 6 nitrogen and oxygen atoms in total. The van der Waals surface area contributed by atoms with Crippen LogP contribution in [0.5, 0.6) is 0 Å². The summed E-state index contributed by atoms with van der Waals surface area (Å²) in [5.74, 6) is 0.155. The van der Waals surface area contributed by atoms with Crippen molar-refractivity contribution >= 4 is 15.9 Å². The van der Waals surface area contributed by atoms with E-state index in [9.17, 15) is 13.2 Å². The van der Waals surface area contributed by atoms with Gasteiger partial charge in [0.1, 0.15) is 0 Å². The van der Waals surface area contributed by atoms with Gasteiger partial charge < -0.3 is 10.1 Å². The normalized spacial score (nSPS) is 17.7. The average molecular weight is 354 g/mol. The Kier molecular flexibility index (Phi) is 6.37. The number of carbonyl (C=O) groups excluding carboxylic acids is 1. The van der Waals surface area contributed by atoms with Gasteiger partial charge in [0.2, 0.25) is 10.0 Å². The van der Waals surface area contributed by atoms with Crippen molar-refractivity contribution in [1.29, 1.82) is 0 Å². The summed E-state index contributed by atoms with van der Waals surface area (Å²) < 4.78 is 31.4. The van der Waals surface area contributed by atoms with Gasteiger partial charge in [-0.25, -0.2) is 8.42 Å². The van der Waals surface area contributed by atoms with E-state index in [0.717, 1.165) is 0 Å². The van der Waals surface area contributed by atoms with Gasteiger partial charge in [-0.2, -0.15) is 4.31 Å². The molecule has 1 fully saturated rings. The van der Waals surface area contributed by atoms with Gasteiger partial charge in [-0.15, -0.1) is 0 Å². The standard InChI is InChI=1S/C17H26N2O4S/c1-13(2)14(3)18-17(20)16-6-4-15(5-7-16)12-24(21,22)19-8-10-23-11-9-19/h4-7,13-14H,8-12H2,1-3H3,(H,18,20). The van der Waals surface area contributed by atoms with Crippen LogP contribution in [-0.4, -0.2) is 51.0 Å². The lowest BCUT2D eigenvalue weighted by atomic mass is 10.1. The number of hydrogen-bond donors (Lipinski definition) is 1. The molecule has 0 aromatic heterocycles. The van der Waals surface area contributed by atoms with Gasteiger partial charge in [-0.05, 0) is 30.5 Å². The molecule has 0 spiro atoms. The number of carbonyl (C=O) groups is 1. The van der Waals surface area contributed by atoms with E-state index < -0.39 is 10.0 Å². The average Bonchev–Trinajstić information content (AvgIpc) is 2.55. The Bertz CT molecular complexity index is 650. The minimum absolute atomic E-state index is 0.0582. The van der Waals surface area contributed by atoms with Crippen molar-refractivity contribution in [3.8, 4) is 0 Å². The fraction of sp³-hybridized carbons (Fsp3) is 0.588. The molecule has 1 aromatic rings. The van der Waals surface area contributed by atoms with Crippen LogP contribution in [0.2, 0.25) is 0 Å². The third kappa shape index (κ3) is 5.03. The first kappa shape index (κ1) is 18.9. The van der Waals surface area contributed by atoms with Crippen LogP contribution in [0.4, 0.5) is 0 Å². The first-order valence-electron chi connectivity index (χ1n) is 8.25. The molecule has 0 radical (unpaired) electrons. The maximum absolute atomic E-state index is 12.4. The molecule has 1 heterocycles. The number of sulfonamides is 1. The number of rotatable bonds is 6. The summed E-state index contributed by atoms with van der Waals surface area (Å²) in [6, 6.07) is 6.83. The van der Waals surface area contributed by atoms with Crippen LogP contribution in [0, 0.1) is 5.92 Å². The van der Waals surface area contributed by atoms with Gasteiger partial charge in [0.25, 0.3) is 5.91 Å². The van der Waals surface area contributed by atoms with Crippen molar-refractivity contribution in [3.05, 3.63) is 35.4 Å². The van der Waals surface area contributed by atoms with E-state index in [1.54, 1.807) is 24.3 Å². The van der Waals surface area contributed by atoms with E-state index in [4.69, 9.17) is 4.74 Å². The Morgan fingerprint density at radius 1 is 1.17 bits per heavy atom. The number of hydrogen-bond acceptors (Lipinski definition) is 4. The van der Waals surface area contributed by atoms with Crippen LogP contribution < -0.4 is 5.32 Å². The SMILES string of the molecule is CC(C)C(C)NC(=O)c1ccc(CS(=O)(=O)N2CCOCC2)cc1. The van der Waals surface area contributed by atoms with E-state index in [1.807, 2.05) is 20.8 Å². The first-order chi connectivity index (χ1) is 11.3. The highest BCUT2D eigenvalue weighted by atomic mass is 32.2. The van der Waals surface area contributed by atoms with Gasteiger partial charge in [0.05, 0.1) is 19.0 Å². The number of nitrogens with zero attached hydrogens (tertiary/aromatic N) is 1. The zero-order valence-electron chi connectivity index (χ0n) is 14.5. The largest absolute Gasteiger partial charge is 0.379 e.